The minimum Gasteiger partial charge on any atom is -0.487 e. The van der Waals surface area contributed by atoms with Crippen LogP contribution >= 0.6 is 11.3 Å². The van der Waals surface area contributed by atoms with E-state index < -0.39 is 11.9 Å². The highest BCUT2D eigenvalue weighted by molar-refractivity contribution is 7.09. The molecule has 0 N–H and O–H groups in total. The summed E-state index contributed by atoms with van der Waals surface area (Å²) in [6.45, 7) is 3.87. The van der Waals surface area contributed by atoms with Crippen LogP contribution in [-0.4, -0.2) is 24.0 Å². The van der Waals surface area contributed by atoms with Crippen LogP contribution in [0.2, 0.25) is 0 Å². The number of ether oxygens (including phenoxy) is 3. The normalized spacial score (nSPS) is 10.5. The third kappa shape index (κ3) is 4.77. The molecule has 0 spiro atoms. The second-order valence-corrected chi connectivity index (χ2v) is 7.03. The van der Waals surface area contributed by atoms with E-state index in [-0.39, 0.29) is 12.4 Å². The molecule has 3 rings (SSSR count). The van der Waals surface area contributed by atoms with Crippen LogP contribution < -0.4 is 4.74 Å². The van der Waals surface area contributed by atoms with E-state index in [0.717, 1.165) is 10.7 Å². The van der Waals surface area contributed by atoms with Gasteiger partial charge in [-0.05, 0) is 38.1 Å². The van der Waals surface area contributed by atoms with Crippen LogP contribution in [-0.2, 0) is 22.7 Å². The molecule has 146 valence electrons. The van der Waals surface area contributed by atoms with Crippen molar-refractivity contribution in [3.63, 3.8) is 0 Å². The van der Waals surface area contributed by atoms with E-state index in [2.05, 4.69) is 9.72 Å². The fraction of sp³-hybridized carbons (Fsp3) is 0.250. The molecular weight excluding hydrogens is 382 g/mol. The third-order valence-corrected chi connectivity index (χ3v) is 4.63. The van der Waals surface area contributed by atoms with Crippen LogP contribution in [0.15, 0.2) is 40.1 Å². The van der Waals surface area contributed by atoms with Gasteiger partial charge in [0, 0.05) is 10.9 Å². The number of rotatable bonds is 7. The van der Waals surface area contributed by atoms with Crippen molar-refractivity contribution in [3.8, 4) is 5.75 Å². The van der Waals surface area contributed by atoms with Gasteiger partial charge in [0.25, 0.3) is 0 Å². The van der Waals surface area contributed by atoms with E-state index in [0.29, 0.717) is 29.2 Å². The van der Waals surface area contributed by atoms with Crippen molar-refractivity contribution >= 4 is 23.3 Å². The molecule has 3 aromatic rings. The van der Waals surface area contributed by atoms with Gasteiger partial charge in [-0.15, -0.1) is 11.3 Å². The van der Waals surface area contributed by atoms with Gasteiger partial charge in [0.2, 0.25) is 5.76 Å². The molecule has 0 amide bonds. The Morgan fingerprint density at radius 3 is 2.68 bits per heavy atom. The molecule has 0 atom stereocenters. The average molecular weight is 401 g/mol. The van der Waals surface area contributed by atoms with Crippen LogP contribution in [0.5, 0.6) is 5.75 Å². The zero-order valence-electron chi connectivity index (χ0n) is 15.7. The first-order valence-corrected chi connectivity index (χ1v) is 9.33. The summed E-state index contributed by atoms with van der Waals surface area (Å²) in [7, 11) is 1.27. The first-order valence-electron chi connectivity index (χ1n) is 8.45. The van der Waals surface area contributed by atoms with Crippen LogP contribution in [0.4, 0.5) is 0 Å². The summed E-state index contributed by atoms with van der Waals surface area (Å²) < 4.78 is 21.0. The second kappa shape index (κ2) is 8.71. The Bertz CT molecular complexity index is 990. The minimum absolute atomic E-state index is 0.0974. The smallest absolute Gasteiger partial charge is 0.374 e. The van der Waals surface area contributed by atoms with E-state index in [1.54, 1.807) is 48.6 Å². The Morgan fingerprint density at radius 2 is 1.96 bits per heavy atom. The zero-order chi connectivity index (χ0) is 20.1. The molecule has 28 heavy (non-hydrogen) atoms. The van der Waals surface area contributed by atoms with Gasteiger partial charge in [0.05, 0.1) is 23.4 Å². The number of hydrogen-bond acceptors (Lipinski definition) is 8. The summed E-state index contributed by atoms with van der Waals surface area (Å²) in [5, 5.41) is 2.90. The van der Waals surface area contributed by atoms with Gasteiger partial charge in [0.1, 0.15) is 24.7 Å². The maximum atomic E-state index is 12.3. The summed E-state index contributed by atoms with van der Waals surface area (Å²) >= 11 is 1.55. The molecule has 0 aliphatic rings. The van der Waals surface area contributed by atoms with Gasteiger partial charge in [-0.25, -0.2) is 14.6 Å². The highest BCUT2D eigenvalue weighted by Crippen LogP contribution is 2.19. The fourth-order valence-corrected chi connectivity index (χ4v) is 3.08. The summed E-state index contributed by atoms with van der Waals surface area (Å²) in [5.41, 5.74) is 1.80. The molecular formula is C20H19NO6S. The number of thiazole rings is 1. The molecule has 0 saturated heterocycles. The summed E-state index contributed by atoms with van der Waals surface area (Å²) in [4.78, 5) is 28.2. The van der Waals surface area contributed by atoms with Crippen LogP contribution in [0.3, 0.4) is 0 Å². The van der Waals surface area contributed by atoms with E-state index >= 15 is 0 Å². The maximum Gasteiger partial charge on any atom is 0.374 e. The second-order valence-electron chi connectivity index (χ2n) is 5.97. The maximum absolute atomic E-state index is 12.3. The standard InChI is InChI=1S/C20H19NO6S/c1-12-7-17(27-18(12)20(23)24-3)10-26-19(22)14-5-4-6-16(8-14)25-9-15-11-28-13(2)21-15/h4-8,11H,9-10H2,1-3H3. The Balaban J connectivity index is 1.59. The zero-order valence-corrected chi connectivity index (χ0v) is 16.5. The van der Waals surface area contributed by atoms with Crippen molar-refractivity contribution in [2.45, 2.75) is 27.1 Å². The van der Waals surface area contributed by atoms with E-state index in [1.807, 2.05) is 12.3 Å². The van der Waals surface area contributed by atoms with Crippen LogP contribution in [0.1, 0.15) is 42.9 Å². The number of esters is 2. The van der Waals surface area contributed by atoms with Gasteiger partial charge < -0.3 is 18.6 Å². The Hall–Kier alpha value is -3.13. The summed E-state index contributed by atoms with van der Waals surface area (Å²) in [6, 6.07) is 8.35. The third-order valence-electron chi connectivity index (χ3n) is 3.81. The molecule has 1 aromatic carbocycles. The quantitative estimate of drug-likeness (QED) is 0.551. The molecule has 8 heteroatoms. The van der Waals surface area contributed by atoms with E-state index in [4.69, 9.17) is 13.9 Å². The molecule has 2 aromatic heterocycles. The number of carbonyl (C=O) groups is 2. The van der Waals surface area contributed by atoms with Crippen molar-refractivity contribution in [3.05, 3.63) is 69.1 Å². The van der Waals surface area contributed by atoms with Crippen molar-refractivity contribution in [2.75, 3.05) is 7.11 Å². The fourth-order valence-electron chi connectivity index (χ4n) is 2.48. The summed E-state index contributed by atoms with van der Waals surface area (Å²) in [5.74, 6) is -0.0976. The van der Waals surface area contributed by atoms with Crippen molar-refractivity contribution in [2.24, 2.45) is 0 Å². The number of aryl methyl sites for hydroxylation is 2. The molecule has 0 unspecified atom stereocenters. The van der Waals surface area contributed by atoms with Gasteiger partial charge in [-0.2, -0.15) is 0 Å². The van der Waals surface area contributed by atoms with Crippen LogP contribution in [0.25, 0.3) is 0 Å². The van der Waals surface area contributed by atoms with Gasteiger partial charge in [-0.1, -0.05) is 6.07 Å². The van der Waals surface area contributed by atoms with Crippen LogP contribution in [0, 0.1) is 13.8 Å². The molecule has 2 heterocycles. The van der Waals surface area contributed by atoms with Crippen molar-refractivity contribution in [1.82, 2.24) is 4.98 Å². The predicted octanol–water partition coefficient (Wildman–Crippen LogP) is 4.08. The van der Waals surface area contributed by atoms with E-state index in [9.17, 15) is 9.59 Å². The molecule has 0 saturated carbocycles. The van der Waals surface area contributed by atoms with Crippen molar-refractivity contribution in [1.29, 1.82) is 0 Å². The SMILES string of the molecule is COC(=O)c1oc(COC(=O)c2cccc(OCc3csc(C)n3)c2)cc1C. The van der Waals surface area contributed by atoms with Gasteiger partial charge in [-0.3, -0.25) is 0 Å². The average Bonchev–Trinajstić information content (AvgIpc) is 3.29. The number of methoxy groups -OCH3 is 1. The molecule has 0 radical (unpaired) electrons. The Labute approximate surface area is 165 Å². The van der Waals surface area contributed by atoms with E-state index in [1.165, 1.54) is 7.11 Å². The number of nitrogens with zero attached hydrogens (tertiary/aromatic N) is 1. The number of benzene rings is 1. The monoisotopic (exact) mass is 401 g/mol. The Kier molecular flexibility index (Phi) is 6.10. The number of furan rings is 1. The number of hydrogen-bond donors (Lipinski definition) is 0. The predicted molar refractivity (Wildman–Crippen MR) is 102 cm³/mol. The first kappa shape index (κ1) is 19.6. The largest absolute Gasteiger partial charge is 0.487 e. The lowest BCUT2D eigenvalue weighted by atomic mass is 10.2. The first-order chi connectivity index (χ1) is 13.5. The Morgan fingerprint density at radius 1 is 1.14 bits per heavy atom. The molecule has 7 nitrogen and oxygen atoms in total. The highest BCUT2D eigenvalue weighted by atomic mass is 32.1. The van der Waals surface area contributed by atoms with Crippen molar-refractivity contribution < 1.29 is 28.2 Å². The number of aromatic nitrogens is 1. The molecule has 0 aliphatic carbocycles. The molecule has 0 bridgehead atoms. The lowest BCUT2D eigenvalue weighted by molar-refractivity contribution is 0.0438. The number of carbonyl (C=O) groups excluding carboxylic acids is 2. The summed E-state index contributed by atoms with van der Waals surface area (Å²) in [6.07, 6.45) is 0. The van der Waals surface area contributed by atoms with Gasteiger partial charge in [0.15, 0.2) is 0 Å². The highest BCUT2D eigenvalue weighted by Gasteiger charge is 2.17. The topological polar surface area (TPSA) is 87.9 Å². The molecule has 0 fully saturated rings. The lowest BCUT2D eigenvalue weighted by Crippen LogP contribution is -2.05. The van der Waals surface area contributed by atoms with Gasteiger partial charge >= 0.3 is 11.9 Å². The minimum atomic E-state index is -0.574. The molecule has 0 aliphatic heterocycles. The lowest BCUT2D eigenvalue weighted by Gasteiger charge is -2.07.